The molecule has 0 radical (unpaired) electrons. The van der Waals surface area contributed by atoms with Crippen LogP contribution in [0.2, 0.25) is 0 Å². The number of carbonyl (C=O) groups excluding carboxylic acids is 1. The molecule has 0 bridgehead atoms. The first-order valence-corrected chi connectivity index (χ1v) is 11.6. The number of carbonyl (C=O) groups is 1. The number of ether oxygens (including phenoxy) is 1. The average molecular weight is 474 g/mol. The van der Waals surface area contributed by atoms with Crippen LogP contribution in [0, 0.1) is 5.82 Å². The van der Waals surface area contributed by atoms with Crippen LogP contribution in [0.25, 0.3) is 16.6 Å². The van der Waals surface area contributed by atoms with E-state index in [4.69, 9.17) is 9.72 Å². The van der Waals surface area contributed by atoms with Crippen LogP contribution >= 0.6 is 0 Å². The van der Waals surface area contributed by atoms with Crippen molar-refractivity contribution in [2.24, 2.45) is 0 Å². The maximum absolute atomic E-state index is 13.9. The number of amides is 1. The third-order valence-corrected chi connectivity index (χ3v) is 6.12. The van der Waals surface area contributed by atoms with E-state index in [0.717, 1.165) is 17.7 Å². The zero-order chi connectivity index (χ0) is 24.9. The molecule has 1 atom stereocenters. The number of benzene rings is 3. The average Bonchev–Trinajstić information content (AvgIpc) is 2.88. The number of para-hydroxylation sites is 2. The number of aryl methyl sites for hydroxylation is 1. The summed E-state index contributed by atoms with van der Waals surface area (Å²) < 4.78 is 20.8. The second kappa shape index (κ2) is 10.6. The molecule has 180 valence electrons. The van der Waals surface area contributed by atoms with E-state index in [1.807, 2.05) is 50.2 Å². The molecular formula is C28H28FN3O3. The van der Waals surface area contributed by atoms with Gasteiger partial charge in [-0.3, -0.25) is 14.2 Å². The topological polar surface area (TPSA) is 64.4 Å². The lowest BCUT2D eigenvalue weighted by Crippen LogP contribution is -2.39. The molecular weight excluding hydrogens is 445 g/mol. The highest BCUT2D eigenvalue weighted by Crippen LogP contribution is 2.26. The van der Waals surface area contributed by atoms with E-state index in [2.05, 4.69) is 0 Å². The second-order valence-electron chi connectivity index (χ2n) is 8.29. The monoisotopic (exact) mass is 473 g/mol. The Labute approximate surface area is 203 Å². The molecule has 4 rings (SSSR count). The van der Waals surface area contributed by atoms with Crippen molar-refractivity contribution in [2.45, 2.75) is 26.3 Å². The van der Waals surface area contributed by atoms with Crippen LogP contribution in [0.15, 0.2) is 77.6 Å². The molecule has 35 heavy (non-hydrogen) atoms. The molecule has 0 spiro atoms. The first-order chi connectivity index (χ1) is 17.0. The Morgan fingerprint density at radius 3 is 2.57 bits per heavy atom. The minimum absolute atomic E-state index is 0.205. The predicted octanol–water partition coefficient (Wildman–Crippen LogP) is 4.94. The van der Waals surface area contributed by atoms with Crippen LogP contribution in [-0.4, -0.2) is 40.6 Å². The molecule has 3 aromatic carbocycles. The summed E-state index contributed by atoms with van der Waals surface area (Å²) in [5.74, 6) is -0.435. The van der Waals surface area contributed by atoms with Crippen LogP contribution in [0.5, 0.6) is 0 Å². The molecule has 0 aliphatic rings. The smallest absolute Gasteiger partial charge is 0.266 e. The van der Waals surface area contributed by atoms with Gasteiger partial charge in [-0.1, -0.05) is 43.3 Å². The van der Waals surface area contributed by atoms with Gasteiger partial charge < -0.3 is 9.64 Å². The Bertz CT molecular complexity index is 1420. The molecule has 0 fully saturated rings. The Kier molecular flexibility index (Phi) is 7.36. The zero-order valence-electron chi connectivity index (χ0n) is 20.1. The SMILES string of the molecule is CCc1ccccc1-n1c(C(C)N(CCOC)C(=O)c2cccc(F)c2)nc2ccccc2c1=O. The summed E-state index contributed by atoms with van der Waals surface area (Å²) in [5.41, 5.74) is 2.28. The quantitative estimate of drug-likeness (QED) is 0.364. The van der Waals surface area contributed by atoms with Crippen LogP contribution < -0.4 is 5.56 Å². The zero-order valence-corrected chi connectivity index (χ0v) is 20.1. The Morgan fingerprint density at radius 2 is 1.83 bits per heavy atom. The number of methoxy groups -OCH3 is 1. The van der Waals surface area contributed by atoms with Crippen molar-refractivity contribution in [3.05, 3.63) is 106 Å². The van der Waals surface area contributed by atoms with Crippen molar-refractivity contribution in [1.29, 1.82) is 0 Å². The molecule has 7 heteroatoms. The van der Waals surface area contributed by atoms with Gasteiger partial charge >= 0.3 is 0 Å². The number of aromatic nitrogens is 2. The maximum Gasteiger partial charge on any atom is 0.266 e. The van der Waals surface area contributed by atoms with Gasteiger partial charge in [-0.15, -0.1) is 0 Å². The third-order valence-electron chi connectivity index (χ3n) is 6.12. The van der Waals surface area contributed by atoms with E-state index in [9.17, 15) is 14.0 Å². The Morgan fingerprint density at radius 1 is 1.09 bits per heavy atom. The molecule has 0 N–H and O–H groups in total. The third kappa shape index (κ3) is 4.86. The molecule has 4 aromatic rings. The van der Waals surface area contributed by atoms with Crippen molar-refractivity contribution in [3.8, 4) is 5.69 Å². The Balaban J connectivity index is 1.93. The highest BCUT2D eigenvalue weighted by Gasteiger charge is 2.28. The van der Waals surface area contributed by atoms with E-state index in [1.54, 1.807) is 34.8 Å². The minimum Gasteiger partial charge on any atom is -0.383 e. The number of fused-ring (bicyclic) bond motifs is 1. The molecule has 0 saturated carbocycles. The summed E-state index contributed by atoms with van der Waals surface area (Å²) in [6.07, 6.45) is 0.721. The molecule has 1 aromatic heterocycles. The van der Waals surface area contributed by atoms with Gasteiger partial charge in [0.05, 0.1) is 29.2 Å². The van der Waals surface area contributed by atoms with Crippen molar-refractivity contribution in [2.75, 3.05) is 20.3 Å². The molecule has 0 saturated heterocycles. The van der Waals surface area contributed by atoms with Gasteiger partial charge in [-0.2, -0.15) is 0 Å². The predicted molar refractivity (Wildman–Crippen MR) is 134 cm³/mol. The summed E-state index contributed by atoms with van der Waals surface area (Å²) in [7, 11) is 1.55. The summed E-state index contributed by atoms with van der Waals surface area (Å²) in [5, 5.41) is 0.495. The van der Waals surface area contributed by atoms with E-state index >= 15 is 0 Å². The summed E-state index contributed by atoms with van der Waals surface area (Å²) in [6, 6.07) is 19.8. The molecule has 1 heterocycles. The highest BCUT2D eigenvalue weighted by molar-refractivity contribution is 5.94. The van der Waals surface area contributed by atoms with Crippen molar-refractivity contribution in [3.63, 3.8) is 0 Å². The lowest BCUT2D eigenvalue weighted by atomic mass is 10.1. The second-order valence-corrected chi connectivity index (χ2v) is 8.29. The van der Waals surface area contributed by atoms with Crippen molar-refractivity contribution < 1.29 is 13.9 Å². The van der Waals surface area contributed by atoms with Gasteiger partial charge in [0, 0.05) is 19.2 Å². The van der Waals surface area contributed by atoms with Gasteiger partial charge in [-0.05, 0) is 55.3 Å². The van der Waals surface area contributed by atoms with Gasteiger partial charge in [0.2, 0.25) is 0 Å². The van der Waals surface area contributed by atoms with E-state index in [0.29, 0.717) is 16.7 Å². The van der Waals surface area contributed by atoms with E-state index in [1.165, 1.54) is 18.2 Å². The Hall–Kier alpha value is -3.84. The summed E-state index contributed by atoms with van der Waals surface area (Å²) >= 11 is 0. The van der Waals surface area contributed by atoms with Crippen molar-refractivity contribution in [1.82, 2.24) is 14.5 Å². The van der Waals surface area contributed by atoms with Crippen LogP contribution in [0.1, 0.15) is 41.6 Å². The first kappa shape index (κ1) is 24.3. The lowest BCUT2D eigenvalue weighted by molar-refractivity contribution is 0.0605. The largest absolute Gasteiger partial charge is 0.383 e. The van der Waals surface area contributed by atoms with E-state index < -0.39 is 11.9 Å². The van der Waals surface area contributed by atoms with Gasteiger partial charge in [0.25, 0.3) is 11.5 Å². The number of rotatable bonds is 8. The van der Waals surface area contributed by atoms with Crippen molar-refractivity contribution >= 4 is 16.8 Å². The number of hydrogen-bond acceptors (Lipinski definition) is 4. The van der Waals surface area contributed by atoms with Crippen LogP contribution in [0.3, 0.4) is 0 Å². The number of halogens is 1. The standard InChI is InChI=1S/C28H28FN3O3/c1-4-20-10-5-8-15-25(20)32-26(30-24-14-7-6-13-23(24)28(32)34)19(2)31(16-17-35-3)27(33)21-11-9-12-22(29)18-21/h5-15,18-19H,4,16-17H2,1-3H3. The summed E-state index contributed by atoms with van der Waals surface area (Å²) in [4.78, 5) is 33.7. The highest BCUT2D eigenvalue weighted by atomic mass is 19.1. The molecule has 6 nitrogen and oxygen atoms in total. The minimum atomic E-state index is -0.608. The normalized spacial score (nSPS) is 12.0. The fourth-order valence-electron chi connectivity index (χ4n) is 4.28. The maximum atomic E-state index is 13.9. The first-order valence-electron chi connectivity index (χ1n) is 11.6. The molecule has 1 amide bonds. The number of nitrogens with zero attached hydrogens (tertiary/aromatic N) is 3. The van der Waals surface area contributed by atoms with Crippen LogP contribution in [-0.2, 0) is 11.2 Å². The lowest BCUT2D eigenvalue weighted by Gasteiger charge is -2.31. The summed E-state index contributed by atoms with van der Waals surface area (Å²) in [6.45, 7) is 4.37. The fraction of sp³-hybridized carbons (Fsp3) is 0.250. The van der Waals surface area contributed by atoms with Gasteiger partial charge in [0.15, 0.2) is 0 Å². The molecule has 0 aliphatic heterocycles. The van der Waals surface area contributed by atoms with Crippen LogP contribution in [0.4, 0.5) is 4.39 Å². The van der Waals surface area contributed by atoms with Gasteiger partial charge in [-0.25, -0.2) is 9.37 Å². The number of hydrogen-bond donors (Lipinski definition) is 0. The van der Waals surface area contributed by atoms with E-state index in [-0.39, 0.29) is 30.2 Å². The molecule has 0 aliphatic carbocycles. The fourth-order valence-corrected chi connectivity index (χ4v) is 4.28. The van der Waals surface area contributed by atoms with Gasteiger partial charge in [0.1, 0.15) is 11.6 Å². The molecule has 1 unspecified atom stereocenters.